The van der Waals surface area contributed by atoms with E-state index in [1.54, 1.807) is 33.2 Å². The molecule has 120 valence electrons. The second kappa shape index (κ2) is 6.97. The van der Waals surface area contributed by atoms with Gasteiger partial charge in [-0.1, -0.05) is 24.3 Å². The number of alkyl carbamates (subject to hydrolysis) is 1. The number of benzene rings is 1. The van der Waals surface area contributed by atoms with E-state index < -0.39 is 17.7 Å². The molecule has 1 heterocycles. The molecule has 2 N–H and O–H groups in total. The predicted octanol–water partition coefficient (Wildman–Crippen LogP) is 3.06. The molecule has 23 heavy (non-hydrogen) atoms. The first kappa shape index (κ1) is 16.6. The number of nitriles is 1. The van der Waals surface area contributed by atoms with Crippen LogP contribution in [-0.4, -0.2) is 29.3 Å². The lowest BCUT2D eigenvalue weighted by Gasteiger charge is -2.21. The Kier molecular flexibility index (Phi) is 5.02. The summed E-state index contributed by atoms with van der Waals surface area (Å²) < 4.78 is 5.15. The highest BCUT2D eigenvalue weighted by Gasteiger charge is 2.17. The zero-order chi connectivity index (χ0) is 16.9. The van der Waals surface area contributed by atoms with Gasteiger partial charge in [0, 0.05) is 17.0 Å². The minimum absolute atomic E-state index is 0.134. The lowest BCUT2D eigenvalue weighted by atomic mass is 10.1. The molecule has 0 aliphatic rings. The molecule has 6 nitrogen and oxygen atoms in total. The number of hydrogen-bond acceptors (Lipinski definition) is 5. The van der Waals surface area contributed by atoms with Gasteiger partial charge >= 0.3 is 6.09 Å². The fraction of sp³-hybridized carbons (Fsp3) is 0.353. The van der Waals surface area contributed by atoms with Gasteiger partial charge in [-0.15, -0.1) is 0 Å². The number of nitrogens with zero attached hydrogens (tertiary/aromatic N) is 2. The topological polar surface area (TPSA) is 87.0 Å². The number of anilines is 1. The molecule has 0 saturated heterocycles. The molecule has 1 aromatic heterocycles. The molecule has 2 aromatic rings. The van der Waals surface area contributed by atoms with Crippen molar-refractivity contribution in [3.8, 4) is 6.07 Å². The first-order valence-corrected chi connectivity index (χ1v) is 7.35. The van der Waals surface area contributed by atoms with Crippen molar-refractivity contribution in [1.82, 2.24) is 10.3 Å². The number of rotatable bonds is 4. The Balaban J connectivity index is 2.02. The summed E-state index contributed by atoms with van der Waals surface area (Å²) in [4.78, 5) is 15.8. The number of pyridine rings is 1. The zero-order valence-corrected chi connectivity index (χ0v) is 13.5. The van der Waals surface area contributed by atoms with E-state index >= 15 is 0 Å². The summed E-state index contributed by atoms with van der Waals surface area (Å²) in [6, 6.07) is 9.30. The SMILES string of the molecule is CC(C)(C)OC(=O)NCC(C#N)Nc1cncc2ccccc12. The Bertz CT molecular complexity index is 726. The van der Waals surface area contributed by atoms with Crippen molar-refractivity contribution < 1.29 is 9.53 Å². The monoisotopic (exact) mass is 312 g/mol. The van der Waals surface area contributed by atoms with Gasteiger partial charge in [-0.3, -0.25) is 4.98 Å². The molecule has 2 rings (SSSR count). The summed E-state index contributed by atoms with van der Waals surface area (Å²) in [5, 5.41) is 16.9. The van der Waals surface area contributed by atoms with Crippen LogP contribution < -0.4 is 10.6 Å². The average Bonchev–Trinajstić information content (AvgIpc) is 2.50. The van der Waals surface area contributed by atoms with Crippen LogP contribution in [0.2, 0.25) is 0 Å². The highest BCUT2D eigenvalue weighted by Crippen LogP contribution is 2.22. The number of nitrogens with one attached hydrogen (secondary N) is 2. The molecule has 1 amide bonds. The summed E-state index contributed by atoms with van der Waals surface area (Å²) >= 11 is 0. The number of amides is 1. The first-order valence-electron chi connectivity index (χ1n) is 7.35. The Morgan fingerprint density at radius 2 is 2.09 bits per heavy atom. The second-order valence-electron chi connectivity index (χ2n) is 6.12. The largest absolute Gasteiger partial charge is 0.444 e. The van der Waals surface area contributed by atoms with Gasteiger partial charge in [-0.25, -0.2) is 4.79 Å². The van der Waals surface area contributed by atoms with Gasteiger partial charge in [0.1, 0.15) is 11.6 Å². The minimum atomic E-state index is -0.588. The number of fused-ring (bicyclic) bond motifs is 1. The van der Waals surface area contributed by atoms with E-state index in [2.05, 4.69) is 21.7 Å². The Morgan fingerprint density at radius 3 is 2.78 bits per heavy atom. The molecule has 0 radical (unpaired) electrons. The van der Waals surface area contributed by atoms with Crippen LogP contribution in [0.3, 0.4) is 0 Å². The van der Waals surface area contributed by atoms with Gasteiger partial charge in [0.05, 0.1) is 24.5 Å². The third-order valence-corrected chi connectivity index (χ3v) is 3.00. The molecular formula is C17H20N4O2. The van der Waals surface area contributed by atoms with Crippen LogP contribution in [0.15, 0.2) is 36.7 Å². The van der Waals surface area contributed by atoms with Crippen molar-refractivity contribution in [3.63, 3.8) is 0 Å². The van der Waals surface area contributed by atoms with Crippen molar-refractivity contribution >= 4 is 22.6 Å². The Hall–Kier alpha value is -2.81. The highest BCUT2D eigenvalue weighted by atomic mass is 16.6. The van der Waals surface area contributed by atoms with Gasteiger partial charge in [0.2, 0.25) is 0 Å². The fourth-order valence-corrected chi connectivity index (χ4v) is 2.05. The molecule has 1 atom stereocenters. The van der Waals surface area contributed by atoms with Gasteiger partial charge in [0.25, 0.3) is 0 Å². The molecule has 0 fully saturated rings. The third kappa shape index (κ3) is 4.85. The summed E-state index contributed by atoms with van der Waals surface area (Å²) in [6.45, 7) is 5.49. The molecule has 0 spiro atoms. The van der Waals surface area contributed by atoms with Gasteiger partial charge in [-0.2, -0.15) is 5.26 Å². The van der Waals surface area contributed by atoms with E-state index in [0.29, 0.717) is 0 Å². The lowest BCUT2D eigenvalue weighted by molar-refractivity contribution is 0.0527. The van der Waals surface area contributed by atoms with E-state index in [1.165, 1.54) is 0 Å². The lowest BCUT2D eigenvalue weighted by Crippen LogP contribution is -2.39. The summed E-state index contributed by atoms with van der Waals surface area (Å²) in [5.41, 5.74) is 0.180. The van der Waals surface area contributed by atoms with Crippen LogP contribution in [0.4, 0.5) is 10.5 Å². The van der Waals surface area contributed by atoms with Gasteiger partial charge in [-0.05, 0) is 20.8 Å². The van der Waals surface area contributed by atoms with Crippen molar-refractivity contribution in [2.45, 2.75) is 32.4 Å². The van der Waals surface area contributed by atoms with Crippen LogP contribution in [0.25, 0.3) is 10.8 Å². The summed E-state index contributed by atoms with van der Waals surface area (Å²) in [6.07, 6.45) is 2.89. The van der Waals surface area contributed by atoms with Crippen molar-refractivity contribution in [3.05, 3.63) is 36.7 Å². The van der Waals surface area contributed by atoms with Crippen LogP contribution in [0.1, 0.15) is 20.8 Å². The van der Waals surface area contributed by atoms with Crippen LogP contribution in [0.5, 0.6) is 0 Å². The third-order valence-electron chi connectivity index (χ3n) is 3.00. The minimum Gasteiger partial charge on any atom is -0.444 e. The normalized spacial score (nSPS) is 12.3. The number of ether oxygens (including phenoxy) is 1. The first-order chi connectivity index (χ1) is 10.9. The van der Waals surface area contributed by atoms with E-state index in [9.17, 15) is 10.1 Å². The van der Waals surface area contributed by atoms with E-state index in [1.807, 2.05) is 24.3 Å². The highest BCUT2D eigenvalue weighted by molar-refractivity contribution is 5.92. The predicted molar refractivity (Wildman–Crippen MR) is 89.0 cm³/mol. The standard InChI is InChI=1S/C17H20N4O2/c1-17(2,3)23-16(22)20-10-13(8-18)21-15-11-19-9-12-6-4-5-7-14(12)15/h4-7,9,11,13,21H,10H2,1-3H3,(H,20,22). The fourth-order valence-electron chi connectivity index (χ4n) is 2.05. The van der Waals surface area contributed by atoms with E-state index in [0.717, 1.165) is 16.5 Å². The second-order valence-corrected chi connectivity index (χ2v) is 6.12. The summed E-state index contributed by atoms with van der Waals surface area (Å²) in [7, 11) is 0. The van der Waals surface area contributed by atoms with Gasteiger partial charge < -0.3 is 15.4 Å². The zero-order valence-electron chi connectivity index (χ0n) is 13.5. The van der Waals surface area contributed by atoms with Crippen molar-refractivity contribution in [2.24, 2.45) is 0 Å². The summed E-state index contributed by atoms with van der Waals surface area (Å²) in [5.74, 6) is 0. The molecule has 6 heteroatoms. The maximum absolute atomic E-state index is 11.7. The number of carbonyl (C=O) groups excluding carboxylic acids is 1. The molecule has 0 aliphatic heterocycles. The smallest absolute Gasteiger partial charge is 0.407 e. The maximum atomic E-state index is 11.7. The Labute approximate surface area is 135 Å². The van der Waals surface area contributed by atoms with Crippen molar-refractivity contribution in [1.29, 1.82) is 5.26 Å². The number of aromatic nitrogens is 1. The van der Waals surface area contributed by atoms with Crippen molar-refractivity contribution in [2.75, 3.05) is 11.9 Å². The Morgan fingerprint density at radius 1 is 1.35 bits per heavy atom. The van der Waals surface area contributed by atoms with Crippen LogP contribution in [0, 0.1) is 11.3 Å². The molecule has 1 unspecified atom stereocenters. The molecule has 0 saturated carbocycles. The van der Waals surface area contributed by atoms with Crippen LogP contribution >= 0.6 is 0 Å². The van der Waals surface area contributed by atoms with Crippen LogP contribution in [-0.2, 0) is 4.74 Å². The average molecular weight is 312 g/mol. The van der Waals surface area contributed by atoms with E-state index in [-0.39, 0.29) is 6.54 Å². The van der Waals surface area contributed by atoms with E-state index in [4.69, 9.17) is 4.74 Å². The number of hydrogen-bond donors (Lipinski definition) is 2. The van der Waals surface area contributed by atoms with Gasteiger partial charge in [0.15, 0.2) is 0 Å². The molecular weight excluding hydrogens is 292 g/mol. The quantitative estimate of drug-likeness (QED) is 0.906. The molecule has 1 aromatic carbocycles. The number of carbonyl (C=O) groups is 1. The molecule has 0 aliphatic carbocycles. The molecule has 0 bridgehead atoms. The maximum Gasteiger partial charge on any atom is 0.407 e.